The minimum absolute atomic E-state index is 0.101. The largest absolute Gasteiger partial charge is 0.388 e. The van der Waals surface area contributed by atoms with Gasteiger partial charge in [0.05, 0.1) is 24.1 Å². The summed E-state index contributed by atoms with van der Waals surface area (Å²) in [5, 5.41) is 36.7. The Labute approximate surface area is 242 Å². The summed E-state index contributed by atoms with van der Waals surface area (Å²) in [5.74, 6) is 0.271. The van der Waals surface area contributed by atoms with Crippen LogP contribution in [-0.4, -0.2) is 123 Å². The van der Waals surface area contributed by atoms with Crippen LogP contribution in [0.25, 0.3) is 0 Å². The summed E-state index contributed by atoms with van der Waals surface area (Å²) in [6, 6.07) is 2.40. The van der Waals surface area contributed by atoms with Gasteiger partial charge in [0, 0.05) is 56.7 Å². The van der Waals surface area contributed by atoms with E-state index >= 15 is 0 Å². The van der Waals surface area contributed by atoms with Gasteiger partial charge in [0.1, 0.15) is 41.7 Å². The van der Waals surface area contributed by atoms with Gasteiger partial charge in [0.15, 0.2) is 0 Å². The summed E-state index contributed by atoms with van der Waals surface area (Å²) in [6.45, 7) is 4.97. The van der Waals surface area contributed by atoms with Crippen molar-refractivity contribution in [2.45, 2.75) is 66.9 Å². The molecule has 3 fully saturated rings. The number of hydrogen-bond acceptors (Lipinski definition) is 12. The van der Waals surface area contributed by atoms with E-state index < -0.39 is 47.3 Å². The molecule has 0 bridgehead atoms. The molecule has 222 valence electrons. The number of nitrogens with two attached hydrogens (primary N) is 1. The highest BCUT2D eigenvalue weighted by molar-refractivity contribution is 7.99. The van der Waals surface area contributed by atoms with Crippen LogP contribution in [0, 0.1) is 5.92 Å². The first kappa shape index (κ1) is 32.6. The number of carbonyl (C=O) groups excluding carboxylic acids is 1. The summed E-state index contributed by atoms with van der Waals surface area (Å²) in [6.07, 6.45) is -0.606. The molecular weight excluding hydrogens is 573 g/mol. The number of halogens is 2. The van der Waals surface area contributed by atoms with Crippen LogP contribution < -0.4 is 16.4 Å². The number of alkyl halides is 1. The fourth-order valence-electron chi connectivity index (χ4n) is 5.24. The summed E-state index contributed by atoms with van der Waals surface area (Å²) >= 11 is 7.87. The van der Waals surface area contributed by atoms with E-state index in [1.165, 1.54) is 18.0 Å². The van der Waals surface area contributed by atoms with Gasteiger partial charge < -0.3 is 41.2 Å². The number of fused-ring (bicyclic) bond motifs is 1. The Morgan fingerprint density at radius 2 is 2.08 bits per heavy atom. The van der Waals surface area contributed by atoms with Gasteiger partial charge in [0.25, 0.3) is 0 Å². The number of pyridine rings is 1. The standard InChI is InChI=1S/C23H36ClN5O6S.CH3FS/c1-11(24)15(21-18(31)17(30)19(32)23(35-21)36-2)28-22(33)16-20-13(8-27-16)10-29(5-6-34-20)9-12-3-4-26-14(25)7-12;1-3-2/h3-4,7,11,13,15-21,23,27,30-32H,5-6,8-10H2,1-2H3,(H2,25,26)(H,28,33);1H3/t11-,13+,15+,16-,17+,18?,19+,20+,21+,23?;/m0./s1. The number of anilines is 1. The average molecular weight is 612 g/mol. The number of hydrogen-bond donors (Lipinski definition) is 6. The highest BCUT2D eigenvalue weighted by atomic mass is 35.5. The van der Waals surface area contributed by atoms with Crippen LogP contribution in [-0.2, 0) is 20.8 Å². The molecule has 0 aromatic carbocycles. The van der Waals surface area contributed by atoms with Gasteiger partial charge in [-0.25, -0.2) is 4.98 Å². The number of aliphatic hydroxyl groups excluding tert-OH is 3. The van der Waals surface area contributed by atoms with Gasteiger partial charge in [0.2, 0.25) is 5.91 Å². The quantitative estimate of drug-likeness (QED) is 0.229. The number of amides is 1. The lowest BCUT2D eigenvalue weighted by atomic mass is 9.92. The second kappa shape index (κ2) is 15.3. The molecule has 4 rings (SSSR count). The molecule has 2 unspecified atom stereocenters. The first-order valence-electron chi connectivity index (χ1n) is 12.7. The van der Waals surface area contributed by atoms with Crippen molar-refractivity contribution < 1.29 is 33.5 Å². The van der Waals surface area contributed by atoms with Gasteiger partial charge in [-0.15, -0.1) is 23.4 Å². The second-order valence-electron chi connectivity index (χ2n) is 9.85. The van der Waals surface area contributed by atoms with Gasteiger partial charge in [-0.3, -0.25) is 9.69 Å². The van der Waals surface area contributed by atoms with Gasteiger partial charge >= 0.3 is 0 Å². The molecule has 1 amide bonds. The number of carbonyl (C=O) groups is 1. The SMILES string of the molecule is CSC1O[C@H]([C@H](NC(=O)[C@H]2NC[C@@H]3CN(Cc4ccnc(N)c4)CCO[C@H]32)[C@H](C)Cl)C(O)[C@@H](O)[C@H]1O.CSF. The van der Waals surface area contributed by atoms with Crippen LogP contribution in [0.5, 0.6) is 0 Å². The Balaban J connectivity index is 0.00000134. The molecule has 4 heterocycles. The van der Waals surface area contributed by atoms with Crippen molar-refractivity contribution in [1.29, 1.82) is 0 Å². The van der Waals surface area contributed by atoms with E-state index in [0.29, 0.717) is 25.5 Å². The average Bonchev–Trinajstić information content (AvgIpc) is 3.18. The maximum Gasteiger partial charge on any atom is 0.240 e. The number of aliphatic hydroxyl groups is 3. The normalized spacial score (nSPS) is 34.7. The zero-order valence-corrected chi connectivity index (χ0v) is 24.5. The lowest BCUT2D eigenvalue weighted by Crippen LogP contribution is -2.65. The topological polar surface area (TPSA) is 162 Å². The number of thioether (sulfide) groups is 1. The monoisotopic (exact) mass is 611 g/mol. The van der Waals surface area contributed by atoms with E-state index in [4.69, 9.17) is 26.8 Å². The van der Waals surface area contributed by atoms with Crippen molar-refractivity contribution in [1.82, 2.24) is 20.5 Å². The zero-order valence-electron chi connectivity index (χ0n) is 22.2. The van der Waals surface area contributed by atoms with E-state index in [-0.39, 0.29) is 30.1 Å². The number of nitrogens with zero attached hydrogens (tertiary/aromatic N) is 2. The minimum Gasteiger partial charge on any atom is -0.388 e. The number of aromatic nitrogens is 1. The van der Waals surface area contributed by atoms with Crippen molar-refractivity contribution in [3.8, 4) is 0 Å². The van der Waals surface area contributed by atoms with Crippen molar-refractivity contribution in [2.24, 2.45) is 5.92 Å². The molecule has 10 atom stereocenters. The van der Waals surface area contributed by atoms with E-state index in [0.717, 1.165) is 18.7 Å². The van der Waals surface area contributed by atoms with E-state index in [9.17, 15) is 24.0 Å². The Morgan fingerprint density at radius 3 is 2.72 bits per heavy atom. The summed E-state index contributed by atoms with van der Waals surface area (Å²) in [7, 11) is 0. The Kier molecular flexibility index (Phi) is 12.8. The third kappa shape index (κ3) is 8.31. The molecule has 1 aromatic heterocycles. The molecule has 39 heavy (non-hydrogen) atoms. The lowest BCUT2D eigenvalue weighted by molar-refractivity contribution is -0.205. The third-order valence-electron chi connectivity index (χ3n) is 7.13. The Hall–Kier alpha value is -0.940. The Bertz CT molecular complexity index is 928. The number of nitrogen functional groups attached to an aromatic ring is 1. The van der Waals surface area contributed by atoms with E-state index in [2.05, 4.69) is 20.5 Å². The molecule has 0 spiro atoms. The summed E-state index contributed by atoms with van der Waals surface area (Å²) < 4.78 is 22.2. The molecule has 11 nitrogen and oxygen atoms in total. The van der Waals surface area contributed by atoms with Crippen molar-refractivity contribution in [2.75, 3.05) is 44.5 Å². The van der Waals surface area contributed by atoms with Crippen LogP contribution in [0.3, 0.4) is 0 Å². The van der Waals surface area contributed by atoms with Crippen LogP contribution in [0.2, 0.25) is 0 Å². The van der Waals surface area contributed by atoms with Crippen molar-refractivity contribution in [3.05, 3.63) is 23.9 Å². The van der Waals surface area contributed by atoms with E-state index in [1.807, 2.05) is 12.1 Å². The molecule has 0 saturated carbocycles. The fourth-order valence-corrected chi connectivity index (χ4v) is 6.12. The lowest BCUT2D eigenvalue weighted by Gasteiger charge is -2.44. The van der Waals surface area contributed by atoms with E-state index in [1.54, 1.807) is 19.4 Å². The predicted octanol–water partition coefficient (Wildman–Crippen LogP) is -0.0308. The molecular formula is C24H39ClFN5O6S2. The fraction of sp³-hybridized carbons (Fsp3) is 0.750. The van der Waals surface area contributed by atoms with Crippen LogP contribution in [0.1, 0.15) is 12.5 Å². The summed E-state index contributed by atoms with van der Waals surface area (Å²) in [5.41, 5.74) is 6.13. The Morgan fingerprint density at radius 1 is 1.36 bits per heavy atom. The first-order valence-corrected chi connectivity index (χ1v) is 15.6. The zero-order chi connectivity index (χ0) is 28.7. The number of ether oxygens (including phenoxy) is 2. The number of rotatable bonds is 7. The molecule has 15 heteroatoms. The maximum absolute atomic E-state index is 13.4. The minimum atomic E-state index is -1.42. The smallest absolute Gasteiger partial charge is 0.240 e. The molecule has 7 N–H and O–H groups in total. The highest BCUT2D eigenvalue weighted by Crippen LogP contribution is 2.31. The number of nitrogens with one attached hydrogen (secondary N) is 2. The third-order valence-corrected chi connectivity index (χ3v) is 8.26. The molecule has 3 aliphatic rings. The molecule has 3 saturated heterocycles. The van der Waals surface area contributed by atoms with Gasteiger partial charge in [-0.2, -0.15) is 3.89 Å². The molecule has 1 aromatic rings. The molecule has 0 radical (unpaired) electrons. The van der Waals surface area contributed by atoms with Gasteiger partial charge in [-0.05, 0) is 30.9 Å². The second-order valence-corrected chi connectivity index (χ2v) is 11.8. The summed E-state index contributed by atoms with van der Waals surface area (Å²) in [4.78, 5) is 19.7. The molecule has 0 aliphatic carbocycles. The van der Waals surface area contributed by atoms with Crippen LogP contribution in [0.4, 0.5) is 9.70 Å². The van der Waals surface area contributed by atoms with Gasteiger partial charge in [-0.1, -0.05) is 0 Å². The predicted molar refractivity (Wildman–Crippen MR) is 151 cm³/mol. The molecule has 3 aliphatic heterocycles. The highest BCUT2D eigenvalue weighted by Gasteiger charge is 2.49. The van der Waals surface area contributed by atoms with Crippen LogP contribution >= 0.6 is 35.5 Å². The van der Waals surface area contributed by atoms with Crippen molar-refractivity contribution >= 4 is 47.2 Å². The maximum atomic E-state index is 13.4. The van der Waals surface area contributed by atoms with Crippen LogP contribution in [0.15, 0.2) is 18.3 Å². The van der Waals surface area contributed by atoms with Crippen molar-refractivity contribution in [3.63, 3.8) is 0 Å². The first-order chi connectivity index (χ1) is 18.6.